The molecule has 128 valence electrons. The number of amides is 1. The number of nitrogens with one attached hydrogen (secondary N) is 1. The van der Waals surface area contributed by atoms with Crippen molar-refractivity contribution in [2.45, 2.75) is 51.5 Å². The van der Waals surface area contributed by atoms with Crippen molar-refractivity contribution in [3.05, 3.63) is 5.69 Å². The van der Waals surface area contributed by atoms with Gasteiger partial charge in [-0.05, 0) is 32.7 Å². The lowest BCUT2D eigenvalue weighted by Gasteiger charge is -2.30. The van der Waals surface area contributed by atoms with E-state index < -0.39 is 0 Å². The topological polar surface area (TPSA) is 59.4 Å². The summed E-state index contributed by atoms with van der Waals surface area (Å²) in [6.07, 6.45) is 7.58. The highest BCUT2D eigenvalue weighted by molar-refractivity contribution is 5.94. The molecule has 1 aliphatic carbocycles. The quantitative estimate of drug-likeness (QED) is 0.925. The highest BCUT2D eigenvalue weighted by Gasteiger charge is 2.33. The number of methoxy groups -OCH3 is 1. The van der Waals surface area contributed by atoms with Gasteiger partial charge in [0, 0.05) is 19.6 Å². The van der Waals surface area contributed by atoms with Crippen molar-refractivity contribution in [1.29, 1.82) is 0 Å². The molecule has 23 heavy (non-hydrogen) atoms. The lowest BCUT2D eigenvalue weighted by Crippen LogP contribution is -2.36. The molecule has 1 atom stereocenters. The molecular weight excluding hydrogens is 292 g/mol. The van der Waals surface area contributed by atoms with Crippen molar-refractivity contribution in [2.24, 2.45) is 13.0 Å². The fourth-order valence-electron chi connectivity index (χ4n) is 4.02. The van der Waals surface area contributed by atoms with E-state index in [2.05, 4.69) is 15.3 Å². The number of likely N-dealkylation sites (tertiary alicyclic amines) is 1. The Morgan fingerprint density at radius 1 is 1.26 bits per heavy atom. The first-order chi connectivity index (χ1) is 11.1. The summed E-state index contributed by atoms with van der Waals surface area (Å²) in [4.78, 5) is 15.2. The van der Waals surface area contributed by atoms with Gasteiger partial charge < -0.3 is 10.1 Å². The summed E-state index contributed by atoms with van der Waals surface area (Å²) >= 11 is 0. The number of carbonyl (C=O) groups is 1. The van der Waals surface area contributed by atoms with E-state index >= 15 is 0 Å². The van der Waals surface area contributed by atoms with Crippen LogP contribution in [0.4, 0.5) is 5.69 Å². The molecular formula is C17H28N4O2. The molecule has 0 radical (unpaired) electrons. The van der Waals surface area contributed by atoms with Crippen LogP contribution in [-0.4, -0.2) is 46.8 Å². The predicted molar refractivity (Wildman–Crippen MR) is 89.7 cm³/mol. The first-order valence-corrected chi connectivity index (χ1v) is 8.72. The van der Waals surface area contributed by atoms with Crippen LogP contribution in [0.2, 0.25) is 0 Å². The molecule has 2 heterocycles. The minimum Gasteiger partial charge on any atom is -0.480 e. The maximum atomic E-state index is 12.6. The highest BCUT2D eigenvalue weighted by Crippen LogP contribution is 2.31. The van der Waals surface area contributed by atoms with Gasteiger partial charge in [0.05, 0.1) is 18.7 Å². The third-order valence-electron chi connectivity index (χ3n) is 5.29. The Bertz CT molecular complexity index is 563. The van der Waals surface area contributed by atoms with Gasteiger partial charge in [-0.1, -0.05) is 19.3 Å². The Balaban J connectivity index is 1.61. The summed E-state index contributed by atoms with van der Waals surface area (Å²) in [6.45, 7) is 3.82. The van der Waals surface area contributed by atoms with E-state index in [0.29, 0.717) is 17.6 Å². The molecule has 1 saturated heterocycles. The Labute approximate surface area is 138 Å². The van der Waals surface area contributed by atoms with Crippen LogP contribution in [0.5, 0.6) is 5.88 Å². The average molecular weight is 320 g/mol. The van der Waals surface area contributed by atoms with Crippen molar-refractivity contribution in [2.75, 3.05) is 25.5 Å². The van der Waals surface area contributed by atoms with Crippen LogP contribution in [-0.2, 0) is 11.8 Å². The average Bonchev–Trinajstić information content (AvgIpc) is 3.14. The van der Waals surface area contributed by atoms with Gasteiger partial charge in [-0.25, -0.2) is 4.68 Å². The Morgan fingerprint density at radius 2 is 2.00 bits per heavy atom. The first-order valence-electron chi connectivity index (χ1n) is 8.72. The number of hydrogen-bond donors (Lipinski definition) is 1. The van der Waals surface area contributed by atoms with Gasteiger partial charge in [-0.2, -0.15) is 5.10 Å². The van der Waals surface area contributed by atoms with Crippen LogP contribution in [0.15, 0.2) is 0 Å². The fourth-order valence-corrected chi connectivity index (χ4v) is 4.02. The molecule has 0 spiro atoms. The largest absolute Gasteiger partial charge is 0.480 e. The molecule has 6 heteroatoms. The lowest BCUT2D eigenvalue weighted by atomic mass is 9.94. The molecule has 3 rings (SSSR count). The molecule has 1 saturated carbocycles. The molecule has 2 fully saturated rings. The second-order valence-corrected chi connectivity index (χ2v) is 6.85. The lowest BCUT2D eigenvalue weighted by molar-refractivity contribution is -0.119. The van der Waals surface area contributed by atoms with Crippen molar-refractivity contribution in [3.8, 4) is 5.88 Å². The molecule has 1 aromatic heterocycles. The van der Waals surface area contributed by atoms with E-state index in [-0.39, 0.29) is 11.8 Å². The number of aryl methyl sites for hydroxylation is 2. The second-order valence-electron chi connectivity index (χ2n) is 6.85. The zero-order chi connectivity index (χ0) is 16.4. The van der Waals surface area contributed by atoms with E-state index in [0.717, 1.165) is 25.2 Å². The van der Waals surface area contributed by atoms with E-state index in [1.54, 1.807) is 11.8 Å². The number of rotatable bonds is 4. The van der Waals surface area contributed by atoms with Crippen LogP contribution >= 0.6 is 0 Å². The van der Waals surface area contributed by atoms with Crippen LogP contribution in [0.3, 0.4) is 0 Å². The number of anilines is 1. The van der Waals surface area contributed by atoms with E-state index in [9.17, 15) is 4.79 Å². The van der Waals surface area contributed by atoms with Gasteiger partial charge in [0.25, 0.3) is 0 Å². The minimum absolute atomic E-state index is 0.0706. The normalized spacial score (nSPS) is 23.2. The smallest absolute Gasteiger partial charge is 0.236 e. The van der Waals surface area contributed by atoms with Crippen molar-refractivity contribution in [3.63, 3.8) is 0 Å². The molecule has 2 aliphatic rings. The predicted octanol–water partition coefficient (Wildman–Crippen LogP) is 2.33. The third kappa shape index (κ3) is 3.37. The highest BCUT2D eigenvalue weighted by atomic mass is 16.5. The monoisotopic (exact) mass is 320 g/mol. The van der Waals surface area contributed by atoms with Gasteiger partial charge in [0.1, 0.15) is 5.69 Å². The molecule has 0 bridgehead atoms. The van der Waals surface area contributed by atoms with Gasteiger partial charge in [0.2, 0.25) is 11.8 Å². The van der Waals surface area contributed by atoms with Crippen LogP contribution in [0, 0.1) is 12.8 Å². The fraction of sp³-hybridized carbons (Fsp3) is 0.765. The van der Waals surface area contributed by atoms with Gasteiger partial charge in [-0.15, -0.1) is 0 Å². The van der Waals surface area contributed by atoms with Gasteiger partial charge in [0.15, 0.2) is 0 Å². The number of aromatic nitrogens is 2. The number of carbonyl (C=O) groups excluding carboxylic acids is 1. The molecule has 1 aromatic rings. The van der Waals surface area contributed by atoms with Crippen molar-refractivity contribution >= 4 is 11.6 Å². The Morgan fingerprint density at radius 3 is 2.70 bits per heavy atom. The molecule has 0 unspecified atom stereocenters. The van der Waals surface area contributed by atoms with Crippen molar-refractivity contribution in [1.82, 2.24) is 14.7 Å². The SMILES string of the molecule is COc1c(NC(=O)[C@@H]2CCN(C3CCCCC3)C2)c(C)nn1C. The summed E-state index contributed by atoms with van der Waals surface area (Å²) in [6, 6.07) is 0.691. The van der Waals surface area contributed by atoms with Gasteiger partial charge in [-0.3, -0.25) is 9.69 Å². The summed E-state index contributed by atoms with van der Waals surface area (Å²) in [5, 5.41) is 7.36. The van der Waals surface area contributed by atoms with E-state index in [1.807, 2.05) is 14.0 Å². The number of hydrogen-bond acceptors (Lipinski definition) is 4. The minimum atomic E-state index is 0.0706. The summed E-state index contributed by atoms with van der Waals surface area (Å²) in [5.74, 6) is 0.775. The molecule has 1 aliphatic heterocycles. The van der Waals surface area contributed by atoms with Gasteiger partial charge >= 0.3 is 0 Å². The number of ether oxygens (including phenoxy) is 1. The molecule has 1 N–H and O–H groups in total. The summed E-state index contributed by atoms with van der Waals surface area (Å²) in [7, 11) is 3.42. The third-order valence-corrected chi connectivity index (χ3v) is 5.29. The molecule has 6 nitrogen and oxygen atoms in total. The van der Waals surface area contributed by atoms with Crippen LogP contribution < -0.4 is 10.1 Å². The molecule has 1 amide bonds. The Kier molecular flexibility index (Phi) is 4.90. The standard InChI is InChI=1S/C17H28N4O2/c1-12-15(17(23-3)20(2)19-12)18-16(22)13-9-10-21(11-13)14-7-5-4-6-8-14/h13-14H,4-11H2,1-3H3,(H,18,22)/t13-/m1/s1. The van der Waals surface area contributed by atoms with Crippen LogP contribution in [0.25, 0.3) is 0 Å². The van der Waals surface area contributed by atoms with E-state index in [1.165, 1.54) is 32.1 Å². The maximum Gasteiger partial charge on any atom is 0.236 e. The summed E-state index contributed by atoms with van der Waals surface area (Å²) < 4.78 is 7.01. The van der Waals surface area contributed by atoms with Crippen LogP contribution in [0.1, 0.15) is 44.2 Å². The van der Waals surface area contributed by atoms with E-state index in [4.69, 9.17) is 4.74 Å². The zero-order valence-corrected chi connectivity index (χ0v) is 14.5. The second kappa shape index (κ2) is 6.91. The number of nitrogens with zero attached hydrogens (tertiary/aromatic N) is 3. The Hall–Kier alpha value is -1.56. The maximum absolute atomic E-state index is 12.6. The zero-order valence-electron chi connectivity index (χ0n) is 14.5. The van der Waals surface area contributed by atoms with Crippen molar-refractivity contribution < 1.29 is 9.53 Å². The molecule has 0 aromatic carbocycles. The first kappa shape index (κ1) is 16.3. The summed E-state index contributed by atoms with van der Waals surface area (Å²) in [5.41, 5.74) is 1.50.